The predicted molar refractivity (Wildman–Crippen MR) is 118 cm³/mol. The van der Waals surface area contributed by atoms with Crippen molar-refractivity contribution >= 4 is 11.0 Å². The second-order valence-corrected chi connectivity index (χ2v) is 8.16. The first-order chi connectivity index (χ1) is 14.1. The number of H-pyrrole nitrogens is 1. The molecule has 0 unspecified atom stereocenters. The zero-order chi connectivity index (χ0) is 20.2. The SMILES string of the molecule is COc1cc(OCCCC2CCN(C)CC2)ccc1-c1nc2c(C)cccc2[nH]1. The first-order valence-electron chi connectivity index (χ1n) is 10.6. The molecule has 154 valence electrons. The molecule has 0 aliphatic carbocycles. The van der Waals surface area contributed by atoms with Crippen LogP contribution >= 0.6 is 0 Å². The van der Waals surface area contributed by atoms with Crippen molar-refractivity contribution in [1.82, 2.24) is 14.9 Å². The van der Waals surface area contributed by atoms with Gasteiger partial charge in [0, 0.05) is 6.07 Å². The Bertz CT molecular complexity index is 958. The summed E-state index contributed by atoms with van der Waals surface area (Å²) in [6.45, 7) is 5.28. The van der Waals surface area contributed by atoms with E-state index in [1.807, 2.05) is 30.3 Å². The van der Waals surface area contributed by atoms with Crippen LogP contribution in [0.4, 0.5) is 0 Å². The van der Waals surface area contributed by atoms with E-state index in [1.165, 1.54) is 32.4 Å². The first-order valence-corrected chi connectivity index (χ1v) is 10.6. The number of aromatic amines is 1. The fourth-order valence-corrected chi connectivity index (χ4v) is 4.17. The molecule has 4 rings (SSSR count). The first kappa shape index (κ1) is 19.8. The standard InChI is InChI=1S/C24H31N3O2/c1-17-6-4-8-21-23(17)26-24(25-21)20-10-9-19(16-22(20)28-3)29-15-5-7-18-11-13-27(2)14-12-18/h4,6,8-10,16,18H,5,7,11-15H2,1-3H3,(H,25,26). The highest BCUT2D eigenvalue weighted by Gasteiger charge is 2.16. The summed E-state index contributed by atoms with van der Waals surface area (Å²) in [6, 6.07) is 12.2. The molecule has 1 aromatic heterocycles. The van der Waals surface area contributed by atoms with Crippen LogP contribution in [0.1, 0.15) is 31.2 Å². The van der Waals surface area contributed by atoms with Crippen LogP contribution < -0.4 is 9.47 Å². The number of imidazole rings is 1. The van der Waals surface area contributed by atoms with Gasteiger partial charge in [0.2, 0.25) is 0 Å². The molecule has 0 atom stereocenters. The number of likely N-dealkylation sites (tertiary alicyclic amines) is 1. The number of rotatable bonds is 7. The van der Waals surface area contributed by atoms with Crippen molar-refractivity contribution in [2.75, 3.05) is 33.9 Å². The monoisotopic (exact) mass is 393 g/mol. The minimum Gasteiger partial charge on any atom is -0.496 e. The number of nitrogens with zero attached hydrogens (tertiary/aromatic N) is 2. The smallest absolute Gasteiger partial charge is 0.142 e. The molecule has 1 aliphatic rings. The molecule has 0 saturated carbocycles. The average molecular weight is 394 g/mol. The van der Waals surface area contributed by atoms with E-state index >= 15 is 0 Å². The molecule has 1 N–H and O–H groups in total. The number of hydrogen-bond donors (Lipinski definition) is 1. The highest BCUT2D eigenvalue weighted by molar-refractivity contribution is 5.83. The van der Waals surface area contributed by atoms with E-state index in [1.54, 1.807) is 7.11 Å². The van der Waals surface area contributed by atoms with E-state index in [4.69, 9.17) is 14.5 Å². The molecular weight excluding hydrogens is 362 g/mol. The van der Waals surface area contributed by atoms with Crippen molar-refractivity contribution < 1.29 is 9.47 Å². The second-order valence-electron chi connectivity index (χ2n) is 8.16. The lowest BCUT2D eigenvalue weighted by Crippen LogP contribution is -2.30. The number of para-hydroxylation sites is 1. The van der Waals surface area contributed by atoms with Crippen LogP contribution in [0.2, 0.25) is 0 Å². The van der Waals surface area contributed by atoms with Gasteiger partial charge in [-0.1, -0.05) is 12.1 Å². The molecule has 2 aromatic carbocycles. The average Bonchev–Trinajstić information content (AvgIpc) is 3.18. The van der Waals surface area contributed by atoms with Gasteiger partial charge in [0.1, 0.15) is 17.3 Å². The van der Waals surface area contributed by atoms with Crippen molar-refractivity contribution in [3.63, 3.8) is 0 Å². The quantitative estimate of drug-likeness (QED) is 0.571. The predicted octanol–water partition coefficient (Wildman–Crippen LogP) is 5.05. The molecular formula is C24H31N3O2. The Labute approximate surface area is 173 Å². The van der Waals surface area contributed by atoms with Gasteiger partial charge in [-0.15, -0.1) is 0 Å². The molecule has 29 heavy (non-hydrogen) atoms. The molecule has 5 heteroatoms. The van der Waals surface area contributed by atoms with Crippen molar-refractivity contribution in [2.45, 2.75) is 32.6 Å². The van der Waals surface area contributed by atoms with Gasteiger partial charge in [0.25, 0.3) is 0 Å². The topological polar surface area (TPSA) is 50.4 Å². The maximum absolute atomic E-state index is 6.01. The number of ether oxygens (including phenoxy) is 2. The zero-order valence-electron chi connectivity index (χ0n) is 17.7. The molecule has 5 nitrogen and oxygen atoms in total. The fourth-order valence-electron chi connectivity index (χ4n) is 4.17. The summed E-state index contributed by atoms with van der Waals surface area (Å²) in [5, 5.41) is 0. The summed E-state index contributed by atoms with van der Waals surface area (Å²) in [7, 11) is 3.90. The van der Waals surface area contributed by atoms with Crippen molar-refractivity contribution in [3.05, 3.63) is 42.0 Å². The highest BCUT2D eigenvalue weighted by atomic mass is 16.5. The molecule has 1 saturated heterocycles. The normalized spacial score (nSPS) is 15.7. The fraction of sp³-hybridized carbons (Fsp3) is 0.458. The summed E-state index contributed by atoms with van der Waals surface area (Å²) in [5.74, 6) is 3.29. The second kappa shape index (κ2) is 8.87. The number of benzene rings is 2. The Morgan fingerprint density at radius 1 is 1.17 bits per heavy atom. The Balaban J connectivity index is 1.39. The molecule has 0 radical (unpaired) electrons. The van der Waals surface area contributed by atoms with Gasteiger partial charge >= 0.3 is 0 Å². The summed E-state index contributed by atoms with van der Waals surface area (Å²) in [6.07, 6.45) is 4.98. The number of nitrogens with one attached hydrogen (secondary N) is 1. The van der Waals surface area contributed by atoms with Crippen LogP contribution in [-0.4, -0.2) is 48.7 Å². The zero-order valence-corrected chi connectivity index (χ0v) is 17.7. The van der Waals surface area contributed by atoms with E-state index in [9.17, 15) is 0 Å². The van der Waals surface area contributed by atoms with Crippen molar-refractivity contribution in [1.29, 1.82) is 0 Å². The van der Waals surface area contributed by atoms with E-state index in [0.717, 1.165) is 58.4 Å². The third-order valence-corrected chi connectivity index (χ3v) is 6.01. The van der Waals surface area contributed by atoms with Gasteiger partial charge in [-0.05, 0) is 82.4 Å². The number of aryl methyl sites for hydroxylation is 1. The number of fused-ring (bicyclic) bond motifs is 1. The molecule has 3 aromatic rings. The Morgan fingerprint density at radius 2 is 2.00 bits per heavy atom. The van der Waals surface area contributed by atoms with Crippen LogP contribution in [0.5, 0.6) is 11.5 Å². The summed E-state index contributed by atoms with van der Waals surface area (Å²) in [5.41, 5.74) is 4.14. The number of aromatic nitrogens is 2. The number of methoxy groups -OCH3 is 1. The maximum Gasteiger partial charge on any atom is 0.142 e. The Kier molecular flexibility index (Phi) is 6.05. The van der Waals surface area contributed by atoms with E-state index in [2.05, 4.69) is 29.9 Å². The van der Waals surface area contributed by atoms with Crippen LogP contribution in [0.15, 0.2) is 36.4 Å². The maximum atomic E-state index is 6.01. The highest BCUT2D eigenvalue weighted by Crippen LogP contribution is 2.33. The van der Waals surface area contributed by atoms with Gasteiger partial charge in [-0.25, -0.2) is 4.98 Å². The van der Waals surface area contributed by atoms with Crippen LogP contribution in [0, 0.1) is 12.8 Å². The molecule has 0 bridgehead atoms. The van der Waals surface area contributed by atoms with Crippen LogP contribution in [-0.2, 0) is 0 Å². The van der Waals surface area contributed by atoms with E-state index < -0.39 is 0 Å². The number of hydrogen-bond acceptors (Lipinski definition) is 4. The third-order valence-electron chi connectivity index (χ3n) is 6.01. The van der Waals surface area contributed by atoms with Crippen LogP contribution in [0.3, 0.4) is 0 Å². The number of piperidine rings is 1. The van der Waals surface area contributed by atoms with Crippen molar-refractivity contribution in [3.8, 4) is 22.9 Å². The van der Waals surface area contributed by atoms with E-state index in [0.29, 0.717) is 0 Å². The Hall–Kier alpha value is -2.53. The summed E-state index contributed by atoms with van der Waals surface area (Å²) in [4.78, 5) is 10.6. The molecule has 2 heterocycles. The van der Waals surface area contributed by atoms with Gasteiger partial charge in [-0.2, -0.15) is 0 Å². The van der Waals surface area contributed by atoms with Gasteiger partial charge < -0.3 is 19.4 Å². The lowest BCUT2D eigenvalue weighted by atomic mass is 9.93. The molecule has 0 spiro atoms. The lowest BCUT2D eigenvalue weighted by Gasteiger charge is -2.28. The Morgan fingerprint density at radius 3 is 2.76 bits per heavy atom. The molecule has 0 amide bonds. The van der Waals surface area contributed by atoms with Gasteiger partial charge in [0.15, 0.2) is 0 Å². The van der Waals surface area contributed by atoms with Crippen molar-refractivity contribution in [2.24, 2.45) is 5.92 Å². The largest absolute Gasteiger partial charge is 0.496 e. The lowest BCUT2D eigenvalue weighted by molar-refractivity contribution is 0.200. The molecule has 1 aliphatic heterocycles. The minimum absolute atomic E-state index is 0.749. The van der Waals surface area contributed by atoms with Crippen LogP contribution in [0.25, 0.3) is 22.4 Å². The summed E-state index contributed by atoms with van der Waals surface area (Å²) >= 11 is 0. The molecule has 1 fully saturated rings. The minimum atomic E-state index is 0.749. The summed E-state index contributed by atoms with van der Waals surface area (Å²) < 4.78 is 11.6. The van der Waals surface area contributed by atoms with Gasteiger partial charge in [-0.3, -0.25) is 0 Å². The van der Waals surface area contributed by atoms with E-state index in [-0.39, 0.29) is 0 Å². The third kappa shape index (κ3) is 4.56. The van der Waals surface area contributed by atoms with Gasteiger partial charge in [0.05, 0.1) is 30.3 Å².